The monoisotopic (exact) mass is 243 g/mol. The van der Waals surface area contributed by atoms with Crippen molar-refractivity contribution in [2.24, 2.45) is 5.41 Å². The van der Waals surface area contributed by atoms with E-state index in [0.717, 1.165) is 6.42 Å². The fraction of sp³-hybridized carbons (Fsp3) is 0.833. The van der Waals surface area contributed by atoms with E-state index in [4.69, 9.17) is 9.47 Å². The Bertz CT molecular complexity index is 294. The minimum absolute atomic E-state index is 0.248. The number of ether oxygens (including phenoxy) is 2. The third-order valence-corrected chi connectivity index (χ3v) is 3.32. The molecule has 0 aromatic rings. The first kappa shape index (κ1) is 14.0. The molecule has 98 valence electrons. The summed E-state index contributed by atoms with van der Waals surface area (Å²) in [5.74, 6) is -1.08. The van der Waals surface area contributed by atoms with Crippen LogP contribution in [0.5, 0.6) is 0 Å². The van der Waals surface area contributed by atoms with Gasteiger partial charge in [0.2, 0.25) is 5.54 Å². The molecule has 1 rings (SSSR count). The lowest BCUT2D eigenvalue weighted by Crippen LogP contribution is -2.63. The fourth-order valence-corrected chi connectivity index (χ4v) is 2.25. The molecule has 0 radical (unpaired) electrons. The smallest absolute Gasteiger partial charge is 0.338 e. The van der Waals surface area contributed by atoms with Gasteiger partial charge in [-0.25, -0.2) is 9.59 Å². The molecule has 17 heavy (non-hydrogen) atoms. The van der Waals surface area contributed by atoms with Gasteiger partial charge in [-0.05, 0) is 26.8 Å². The van der Waals surface area contributed by atoms with Gasteiger partial charge in [-0.2, -0.15) is 0 Å². The summed E-state index contributed by atoms with van der Waals surface area (Å²) in [6, 6.07) is 0. The summed E-state index contributed by atoms with van der Waals surface area (Å²) in [4.78, 5) is 24.2. The van der Waals surface area contributed by atoms with Crippen molar-refractivity contribution < 1.29 is 19.1 Å². The molecule has 0 aliphatic carbocycles. The molecule has 0 amide bonds. The number of rotatable bonds is 4. The lowest BCUT2D eigenvalue weighted by atomic mass is 9.73. The largest absolute Gasteiger partial charge is 0.464 e. The Balaban J connectivity index is 3.09. The molecule has 1 saturated heterocycles. The summed E-state index contributed by atoms with van der Waals surface area (Å²) in [6.45, 7) is 8.29. The van der Waals surface area contributed by atoms with Crippen molar-refractivity contribution in [3.05, 3.63) is 0 Å². The van der Waals surface area contributed by atoms with Crippen molar-refractivity contribution in [3.63, 3.8) is 0 Å². The fourth-order valence-electron chi connectivity index (χ4n) is 2.25. The second-order valence-electron chi connectivity index (χ2n) is 4.75. The van der Waals surface area contributed by atoms with Crippen molar-refractivity contribution in [1.29, 1.82) is 0 Å². The zero-order valence-corrected chi connectivity index (χ0v) is 11.0. The molecule has 0 saturated carbocycles. The minimum Gasteiger partial charge on any atom is -0.464 e. The highest BCUT2D eigenvalue weighted by atomic mass is 16.6. The molecule has 5 heteroatoms. The molecular weight excluding hydrogens is 222 g/mol. The second-order valence-corrected chi connectivity index (χ2v) is 4.75. The molecular formula is C12H21NO4. The van der Waals surface area contributed by atoms with Crippen LogP contribution in [0.3, 0.4) is 0 Å². The van der Waals surface area contributed by atoms with Crippen LogP contribution in [0.15, 0.2) is 0 Å². The molecule has 1 aliphatic heterocycles. The number of esters is 2. The average molecular weight is 243 g/mol. The third kappa shape index (κ3) is 2.16. The second kappa shape index (κ2) is 5.04. The highest BCUT2D eigenvalue weighted by molar-refractivity contribution is 6.06. The van der Waals surface area contributed by atoms with Crippen LogP contribution < -0.4 is 5.32 Å². The highest BCUT2D eigenvalue weighted by Crippen LogP contribution is 2.40. The van der Waals surface area contributed by atoms with E-state index in [-0.39, 0.29) is 13.2 Å². The SMILES string of the molecule is CCOC(=O)C1(C(=O)OCC)NCCC1(C)C. The van der Waals surface area contributed by atoms with E-state index < -0.39 is 22.9 Å². The third-order valence-electron chi connectivity index (χ3n) is 3.32. The van der Waals surface area contributed by atoms with Crippen molar-refractivity contribution in [2.45, 2.75) is 39.7 Å². The Kier molecular flexibility index (Phi) is 4.14. The predicted octanol–water partition coefficient (Wildman–Crippen LogP) is 0.871. The summed E-state index contributed by atoms with van der Waals surface area (Å²) in [7, 11) is 0. The molecule has 1 aliphatic rings. The lowest BCUT2D eigenvalue weighted by Gasteiger charge is -2.36. The maximum Gasteiger partial charge on any atom is 0.338 e. The summed E-state index contributed by atoms with van der Waals surface area (Å²) in [5, 5.41) is 2.98. The summed E-state index contributed by atoms with van der Waals surface area (Å²) in [6.07, 6.45) is 0.727. The first-order valence-electron chi connectivity index (χ1n) is 6.02. The van der Waals surface area contributed by atoms with E-state index >= 15 is 0 Å². The summed E-state index contributed by atoms with van der Waals surface area (Å²) >= 11 is 0. The van der Waals surface area contributed by atoms with Gasteiger partial charge >= 0.3 is 11.9 Å². The van der Waals surface area contributed by atoms with E-state index in [9.17, 15) is 9.59 Å². The Hall–Kier alpha value is -1.10. The molecule has 0 aromatic carbocycles. The highest BCUT2D eigenvalue weighted by Gasteiger charge is 2.62. The van der Waals surface area contributed by atoms with Crippen LogP contribution in [0.1, 0.15) is 34.1 Å². The quantitative estimate of drug-likeness (QED) is 0.586. The van der Waals surface area contributed by atoms with Gasteiger partial charge in [-0.15, -0.1) is 0 Å². The first-order valence-corrected chi connectivity index (χ1v) is 6.02. The number of hydrogen-bond donors (Lipinski definition) is 1. The van der Waals surface area contributed by atoms with Crippen LogP contribution >= 0.6 is 0 Å². The van der Waals surface area contributed by atoms with E-state index in [1.54, 1.807) is 13.8 Å². The molecule has 1 heterocycles. The van der Waals surface area contributed by atoms with Gasteiger partial charge in [0.1, 0.15) is 0 Å². The van der Waals surface area contributed by atoms with Crippen molar-refractivity contribution in [2.75, 3.05) is 19.8 Å². The van der Waals surface area contributed by atoms with Crippen LogP contribution in [0.4, 0.5) is 0 Å². The number of hydrogen-bond acceptors (Lipinski definition) is 5. The predicted molar refractivity (Wildman–Crippen MR) is 62.4 cm³/mol. The van der Waals surface area contributed by atoms with E-state index in [1.807, 2.05) is 13.8 Å². The molecule has 0 unspecified atom stereocenters. The van der Waals surface area contributed by atoms with Gasteiger partial charge in [0.25, 0.3) is 0 Å². The van der Waals surface area contributed by atoms with E-state index in [2.05, 4.69) is 5.32 Å². The molecule has 5 nitrogen and oxygen atoms in total. The Morgan fingerprint density at radius 1 is 1.12 bits per heavy atom. The van der Waals surface area contributed by atoms with Gasteiger partial charge in [0.05, 0.1) is 13.2 Å². The number of carbonyl (C=O) groups excluding carboxylic acids is 2. The normalized spacial score (nSPS) is 20.9. The average Bonchev–Trinajstić information content (AvgIpc) is 2.55. The zero-order valence-electron chi connectivity index (χ0n) is 11.0. The molecule has 0 atom stereocenters. The number of nitrogens with one attached hydrogen (secondary N) is 1. The minimum atomic E-state index is -1.36. The maximum atomic E-state index is 12.1. The Labute approximate surface area is 102 Å². The van der Waals surface area contributed by atoms with Gasteiger partial charge in [0.15, 0.2) is 0 Å². The molecule has 1 N–H and O–H groups in total. The van der Waals surface area contributed by atoms with Crippen LogP contribution in [0, 0.1) is 5.41 Å². The van der Waals surface area contributed by atoms with Gasteiger partial charge < -0.3 is 9.47 Å². The van der Waals surface area contributed by atoms with Gasteiger partial charge in [-0.3, -0.25) is 5.32 Å². The standard InChI is InChI=1S/C12H21NO4/c1-5-16-9(14)12(10(15)17-6-2)11(3,4)7-8-13-12/h13H,5-8H2,1-4H3. The van der Waals surface area contributed by atoms with Crippen LogP contribution in [-0.4, -0.2) is 37.2 Å². The van der Waals surface area contributed by atoms with Crippen molar-refractivity contribution in [3.8, 4) is 0 Å². The van der Waals surface area contributed by atoms with E-state index in [1.165, 1.54) is 0 Å². The molecule has 0 bridgehead atoms. The molecule has 1 fully saturated rings. The summed E-state index contributed by atoms with van der Waals surface area (Å²) in [5.41, 5.74) is -1.87. The summed E-state index contributed by atoms with van der Waals surface area (Å²) < 4.78 is 10.1. The molecule has 0 aromatic heterocycles. The van der Waals surface area contributed by atoms with E-state index in [0.29, 0.717) is 6.54 Å². The molecule has 0 spiro atoms. The van der Waals surface area contributed by atoms with Crippen molar-refractivity contribution in [1.82, 2.24) is 5.32 Å². The van der Waals surface area contributed by atoms with Gasteiger partial charge in [-0.1, -0.05) is 13.8 Å². The topological polar surface area (TPSA) is 64.6 Å². The maximum absolute atomic E-state index is 12.1. The van der Waals surface area contributed by atoms with Crippen molar-refractivity contribution >= 4 is 11.9 Å². The van der Waals surface area contributed by atoms with Crippen LogP contribution in [-0.2, 0) is 19.1 Å². The number of carbonyl (C=O) groups is 2. The Morgan fingerprint density at radius 2 is 1.59 bits per heavy atom. The van der Waals surface area contributed by atoms with Crippen LogP contribution in [0.2, 0.25) is 0 Å². The van der Waals surface area contributed by atoms with Crippen LogP contribution in [0.25, 0.3) is 0 Å². The zero-order chi connectivity index (χ0) is 13.1. The van der Waals surface area contributed by atoms with Gasteiger partial charge in [0, 0.05) is 5.41 Å². The lowest BCUT2D eigenvalue weighted by molar-refractivity contribution is -0.171. The first-order chi connectivity index (χ1) is 7.92. The Morgan fingerprint density at radius 3 is 1.88 bits per heavy atom.